The van der Waals surface area contributed by atoms with Crippen LogP contribution in [0.2, 0.25) is 0 Å². The van der Waals surface area contributed by atoms with Crippen LogP contribution in [0.15, 0.2) is 66.9 Å². The van der Waals surface area contributed by atoms with E-state index in [1.165, 1.54) is 37.7 Å². The highest BCUT2D eigenvalue weighted by molar-refractivity contribution is 5.90. The summed E-state index contributed by atoms with van der Waals surface area (Å²) in [6, 6.07) is 20.0. The number of halogens is 3. The Morgan fingerprint density at radius 2 is 1.37 bits per heavy atom. The summed E-state index contributed by atoms with van der Waals surface area (Å²) in [5.74, 6) is -0.397. The van der Waals surface area contributed by atoms with Gasteiger partial charge in [0, 0.05) is 23.9 Å². The maximum absolute atomic E-state index is 12.4. The molecule has 3 rings (SSSR count). The van der Waals surface area contributed by atoms with Gasteiger partial charge in [-0.05, 0) is 68.4 Å². The van der Waals surface area contributed by atoms with Crippen molar-refractivity contribution in [3.05, 3.63) is 78.0 Å². The van der Waals surface area contributed by atoms with Crippen molar-refractivity contribution in [2.24, 2.45) is 0 Å². The lowest BCUT2D eigenvalue weighted by Crippen LogP contribution is -2.28. The number of aryl methyl sites for hydroxylation is 1. The minimum atomic E-state index is -4.33. The van der Waals surface area contributed by atoms with E-state index in [4.69, 9.17) is 9.47 Å². The van der Waals surface area contributed by atoms with Gasteiger partial charge in [-0.3, -0.25) is 4.98 Å². The molecule has 0 amide bonds. The molecule has 0 aliphatic carbocycles. The molecule has 1 unspecified atom stereocenters. The van der Waals surface area contributed by atoms with Crippen molar-refractivity contribution in [1.29, 1.82) is 0 Å². The molecule has 3 aromatic rings. The molecule has 0 saturated carbocycles. The Kier molecular flexibility index (Phi) is 13.3. The van der Waals surface area contributed by atoms with Gasteiger partial charge in [-0.1, -0.05) is 81.5 Å². The number of aromatic nitrogens is 1. The summed E-state index contributed by atoms with van der Waals surface area (Å²) in [6.07, 6.45) is 6.01. The van der Waals surface area contributed by atoms with Crippen LogP contribution in [-0.4, -0.2) is 36.4 Å². The van der Waals surface area contributed by atoms with Crippen molar-refractivity contribution in [3.8, 4) is 22.4 Å². The monoisotopic (exact) mass is 569 g/mol. The van der Waals surface area contributed by atoms with Gasteiger partial charge in [-0.25, -0.2) is 4.79 Å². The fourth-order valence-electron chi connectivity index (χ4n) is 4.47. The summed E-state index contributed by atoms with van der Waals surface area (Å²) in [7, 11) is 0. The van der Waals surface area contributed by atoms with Crippen LogP contribution in [0.4, 0.5) is 13.2 Å². The molecular weight excluding hydrogens is 527 g/mol. The van der Waals surface area contributed by atoms with Crippen LogP contribution in [0, 0.1) is 0 Å². The largest absolute Gasteiger partial charge is 0.462 e. The Morgan fingerprint density at radius 3 is 2.00 bits per heavy atom. The molecule has 4 nitrogen and oxygen atoms in total. The van der Waals surface area contributed by atoms with Gasteiger partial charge in [-0.2, -0.15) is 13.2 Å². The van der Waals surface area contributed by atoms with Crippen molar-refractivity contribution < 1.29 is 27.4 Å². The Labute approximate surface area is 242 Å². The van der Waals surface area contributed by atoms with Crippen LogP contribution in [-0.2, 0) is 15.9 Å². The van der Waals surface area contributed by atoms with Gasteiger partial charge in [0.25, 0.3) is 0 Å². The first-order valence-electron chi connectivity index (χ1n) is 14.8. The van der Waals surface area contributed by atoms with Crippen molar-refractivity contribution in [3.63, 3.8) is 0 Å². The number of carbonyl (C=O) groups excluding carboxylic acids is 1. The standard InChI is InChI=1S/C34H42F3NO3/c1-3-4-5-6-9-12-27-13-15-28(16-14-27)31-21-22-32(38-25-31)29-17-19-30(20-18-29)33(39)41-24-11-8-7-10-23-40-26(2)34(35,36)37/h13-22,25-26H,3-12,23-24H2,1-2H3. The van der Waals surface area contributed by atoms with E-state index in [-0.39, 0.29) is 13.2 Å². The molecule has 1 aromatic heterocycles. The fourth-order valence-corrected chi connectivity index (χ4v) is 4.47. The molecule has 1 atom stereocenters. The van der Waals surface area contributed by atoms with E-state index >= 15 is 0 Å². The van der Waals surface area contributed by atoms with Crippen LogP contribution >= 0.6 is 0 Å². The van der Waals surface area contributed by atoms with Gasteiger partial charge in [0.15, 0.2) is 6.10 Å². The molecule has 0 spiro atoms. The number of unbranched alkanes of at least 4 members (excludes halogenated alkanes) is 7. The second-order valence-electron chi connectivity index (χ2n) is 10.5. The van der Waals surface area contributed by atoms with Crippen molar-refractivity contribution >= 4 is 5.97 Å². The van der Waals surface area contributed by atoms with Gasteiger partial charge < -0.3 is 9.47 Å². The van der Waals surface area contributed by atoms with Gasteiger partial charge in [0.1, 0.15) is 0 Å². The minimum Gasteiger partial charge on any atom is -0.462 e. The molecule has 0 aliphatic heterocycles. The molecule has 0 fully saturated rings. The molecule has 222 valence electrons. The zero-order valence-electron chi connectivity index (χ0n) is 24.2. The number of rotatable bonds is 17. The first-order chi connectivity index (χ1) is 19.8. The topological polar surface area (TPSA) is 48.4 Å². The SMILES string of the molecule is CCCCCCCc1ccc(-c2ccc(-c3ccc(C(=O)OCCCCCCOC(C)C(F)(F)F)cc3)nc2)cc1. The smallest absolute Gasteiger partial charge is 0.414 e. The van der Waals surface area contributed by atoms with Crippen molar-refractivity contribution in [2.45, 2.75) is 90.3 Å². The summed E-state index contributed by atoms with van der Waals surface area (Å²) < 4.78 is 47.3. The highest BCUT2D eigenvalue weighted by Gasteiger charge is 2.36. The minimum absolute atomic E-state index is 0.0663. The van der Waals surface area contributed by atoms with Gasteiger partial charge >= 0.3 is 12.1 Å². The maximum Gasteiger partial charge on any atom is 0.414 e. The average molecular weight is 570 g/mol. The second kappa shape index (κ2) is 16.9. The van der Waals surface area contributed by atoms with Crippen molar-refractivity contribution in [2.75, 3.05) is 13.2 Å². The number of pyridine rings is 1. The number of nitrogens with zero attached hydrogens (tertiary/aromatic N) is 1. The predicted molar refractivity (Wildman–Crippen MR) is 158 cm³/mol. The number of hydrogen-bond donors (Lipinski definition) is 0. The third kappa shape index (κ3) is 11.3. The molecule has 0 N–H and O–H groups in total. The van der Waals surface area contributed by atoms with Crippen LogP contribution in [0.3, 0.4) is 0 Å². The summed E-state index contributed by atoms with van der Waals surface area (Å²) >= 11 is 0. The second-order valence-corrected chi connectivity index (χ2v) is 10.5. The van der Waals surface area contributed by atoms with E-state index in [1.54, 1.807) is 12.1 Å². The highest BCUT2D eigenvalue weighted by Crippen LogP contribution is 2.25. The van der Waals surface area contributed by atoms with E-state index in [1.807, 2.05) is 24.4 Å². The summed E-state index contributed by atoms with van der Waals surface area (Å²) in [5.41, 5.74) is 5.77. The third-order valence-electron chi connectivity index (χ3n) is 7.14. The van der Waals surface area contributed by atoms with Gasteiger partial charge in [-0.15, -0.1) is 0 Å². The van der Waals surface area contributed by atoms with Crippen molar-refractivity contribution in [1.82, 2.24) is 4.98 Å². The van der Waals surface area contributed by atoms with E-state index in [0.29, 0.717) is 24.8 Å². The molecule has 0 aliphatic rings. The number of alkyl halides is 3. The van der Waals surface area contributed by atoms with Gasteiger partial charge in [0.2, 0.25) is 0 Å². The van der Waals surface area contributed by atoms with E-state index < -0.39 is 18.2 Å². The fraction of sp³-hybridized carbons (Fsp3) is 0.471. The summed E-state index contributed by atoms with van der Waals surface area (Å²) in [6.45, 7) is 3.58. The molecule has 7 heteroatoms. The average Bonchev–Trinajstić information content (AvgIpc) is 2.98. The van der Waals surface area contributed by atoms with Crippen LogP contribution in [0.5, 0.6) is 0 Å². The Morgan fingerprint density at radius 1 is 0.756 bits per heavy atom. The zero-order valence-corrected chi connectivity index (χ0v) is 24.2. The summed E-state index contributed by atoms with van der Waals surface area (Å²) in [4.78, 5) is 17.0. The van der Waals surface area contributed by atoms with E-state index in [2.05, 4.69) is 42.2 Å². The molecule has 1 heterocycles. The first-order valence-corrected chi connectivity index (χ1v) is 14.8. The first kappa shape index (κ1) is 32.3. The van der Waals surface area contributed by atoms with Crippen LogP contribution in [0.1, 0.15) is 87.6 Å². The Bertz CT molecular complexity index is 1160. The number of benzene rings is 2. The van der Waals surface area contributed by atoms with Crippen LogP contribution in [0.25, 0.3) is 22.4 Å². The Balaban J connectivity index is 1.38. The lowest BCUT2D eigenvalue weighted by Gasteiger charge is -2.16. The predicted octanol–water partition coefficient (Wildman–Crippen LogP) is 9.61. The molecule has 41 heavy (non-hydrogen) atoms. The van der Waals surface area contributed by atoms with Crippen LogP contribution < -0.4 is 0 Å². The molecule has 2 aromatic carbocycles. The molecule has 0 bridgehead atoms. The number of carbonyl (C=O) groups is 1. The number of hydrogen-bond acceptors (Lipinski definition) is 4. The zero-order chi connectivity index (χ0) is 29.5. The molecule has 0 saturated heterocycles. The quantitative estimate of drug-likeness (QED) is 0.120. The number of ether oxygens (including phenoxy) is 2. The highest BCUT2D eigenvalue weighted by atomic mass is 19.4. The normalized spacial score (nSPS) is 12.3. The lowest BCUT2D eigenvalue weighted by molar-refractivity contribution is -0.214. The maximum atomic E-state index is 12.4. The molecule has 0 radical (unpaired) electrons. The van der Waals surface area contributed by atoms with E-state index in [9.17, 15) is 18.0 Å². The van der Waals surface area contributed by atoms with E-state index in [0.717, 1.165) is 42.1 Å². The number of esters is 1. The molecular formula is C34H42F3NO3. The third-order valence-corrected chi connectivity index (χ3v) is 7.14. The summed E-state index contributed by atoms with van der Waals surface area (Å²) in [5, 5.41) is 0. The Hall–Kier alpha value is -3.19. The van der Waals surface area contributed by atoms with Gasteiger partial charge in [0.05, 0.1) is 17.9 Å². The lowest BCUT2D eigenvalue weighted by atomic mass is 10.0.